The molecule has 0 aliphatic heterocycles. The van der Waals surface area contributed by atoms with Crippen LogP contribution in [0.4, 0.5) is 0 Å². The van der Waals surface area contributed by atoms with Crippen LogP contribution in [-0.2, 0) is 28.6 Å². The maximum Gasteiger partial charge on any atom is 0.310 e. The van der Waals surface area contributed by atoms with E-state index in [1.165, 1.54) is 0 Å². The van der Waals surface area contributed by atoms with E-state index in [0.29, 0.717) is 19.3 Å². The zero-order chi connectivity index (χ0) is 47.2. The molecule has 0 amide bonds. The molecular weight excluding hydrogens is 805 g/mol. The zero-order valence-corrected chi connectivity index (χ0v) is 40.9. The van der Waals surface area contributed by atoms with Gasteiger partial charge in [0.05, 0.1) is 6.42 Å². The second kappa shape index (κ2) is 51.7. The van der Waals surface area contributed by atoms with Crippen LogP contribution in [0.1, 0.15) is 175 Å². The number of unbranched alkanes of at least 4 members (excludes halogenated alkanes) is 6. The molecule has 0 saturated carbocycles. The number of ether oxygens (including phenoxy) is 3. The smallest absolute Gasteiger partial charge is 0.310 e. The van der Waals surface area contributed by atoms with Gasteiger partial charge in [-0.25, -0.2) is 0 Å². The first-order chi connectivity index (χ1) is 32.0. The van der Waals surface area contributed by atoms with Crippen LogP contribution in [0.25, 0.3) is 0 Å². The lowest BCUT2D eigenvalue weighted by atomic mass is 10.1. The first-order valence-electron chi connectivity index (χ1n) is 25.0. The fraction of sp³-hybridized carbons (Fsp3) is 0.508. The van der Waals surface area contributed by atoms with Crippen LogP contribution in [0.2, 0.25) is 0 Å². The van der Waals surface area contributed by atoms with Gasteiger partial charge in [-0.05, 0) is 116 Å². The van der Waals surface area contributed by atoms with E-state index in [1.54, 1.807) is 6.08 Å². The number of carbonyl (C=O) groups is 3. The first-order valence-corrected chi connectivity index (χ1v) is 25.0. The maximum absolute atomic E-state index is 12.7. The van der Waals surface area contributed by atoms with Gasteiger partial charge in [0.15, 0.2) is 6.10 Å². The van der Waals surface area contributed by atoms with Gasteiger partial charge in [0.2, 0.25) is 0 Å². The third-order valence-electron chi connectivity index (χ3n) is 9.54. The molecule has 0 heterocycles. The number of rotatable bonds is 42. The minimum Gasteiger partial charge on any atom is -0.462 e. The van der Waals surface area contributed by atoms with Gasteiger partial charge in [-0.1, -0.05) is 198 Å². The molecule has 0 aromatic carbocycles. The summed E-state index contributed by atoms with van der Waals surface area (Å²) in [5, 5.41) is 0. The molecule has 0 spiro atoms. The lowest BCUT2D eigenvalue weighted by molar-refractivity contribution is -0.166. The molecular formula is C59H88O6. The van der Waals surface area contributed by atoms with Crippen molar-refractivity contribution in [3.05, 3.63) is 158 Å². The highest BCUT2D eigenvalue weighted by Gasteiger charge is 2.19. The SMILES string of the molecule is CC/C=C\C/C=C\C/C=C\C/C=C\C/C=C\CCCC(=O)OCC(COC(=O)CCCCCCC/C=C\C/C=C\C/C=C\CC)OC(=O)C/C=C\C/C=C\C/C=C\C/C=C\C/C=C\CC. The predicted octanol–water partition coefficient (Wildman–Crippen LogP) is 16.6. The van der Waals surface area contributed by atoms with Gasteiger partial charge in [-0.15, -0.1) is 0 Å². The summed E-state index contributed by atoms with van der Waals surface area (Å²) in [5.74, 6) is -1.17. The Morgan fingerprint density at radius 1 is 0.323 bits per heavy atom. The summed E-state index contributed by atoms with van der Waals surface area (Å²) in [7, 11) is 0. The molecule has 0 aliphatic rings. The summed E-state index contributed by atoms with van der Waals surface area (Å²) in [4.78, 5) is 37.9. The Labute approximate surface area is 397 Å². The topological polar surface area (TPSA) is 78.9 Å². The Balaban J connectivity index is 4.67. The first kappa shape index (κ1) is 60.0. The largest absolute Gasteiger partial charge is 0.462 e. The molecule has 360 valence electrons. The molecule has 6 nitrogen and oxygen atoms in total. The van der Waals surface area contributed by atoms with Crippen molar-refractivity contribution in [1.82, 2.24) is 0 Å². The minimum atomic E-state index is -0.870. The standard InChI is InChI=1S/C59H88O6/c1-4-7-10-13-16-19-22-25-28-29-32-34-37-40-43-46-49-52-58(61)64-55-56(65-59(62)53-50-47-44-41-38-35-31-27-24-21-18-15-12-9-6-3)54-63-57(60)51-48-45-42-39-36-33-30-26-23-20-17-14-11-8-5-2/h7-12,16-21,25-28,30-32,34,38,40-41,43,47,50,56H,4-6,13-15,22-24,29,33,35-37,39,42,44-46,48-49,51-55H2,1-3H3/b10-7-,11-8-,12-9-,19-16-,20-17-,21-18-,28-25-,30-26-,31-27-,34-32-,41-38-,43-40-,50-47-. The van der Waals surface area contributed by atoms with E-state index in [2.05, 4.69) is 167 Å². The zero-order valence-electron chi connectivity index (χ0n) is 40.9. The third-order valence-corrected chi connectivity index (χ3v) is 9.54. The molecule has 0 aliphatic carbocycles. The van der Waals surface area contributed by atoms with Gasteiger partial charge in [0.25, 0.3) is 0 Å². The summed E-state index contributed by atoms with van der Waals surface area (Å²) in [6.45, 7) is 6.11. The van der Waals surface area contributed by atoms with Crippen molar-refractivity contribution >= 4 is 17.9 Å². The highest BCUT2D eigenvalue weighted by atomic mass is 16.6. The Hall–Kier alpha value is -4.97. The van der Waals surface area contributed by atoms with E-state index in [-0.39, 0.29) is 38.0 Å². The normalized spacial score (nSPS) is 13.5. The molecule has 0 N–H and O–H groups in total. The van der Waals surface area contributed by atoms with Crippen molar-refractivity contribution in [3.63, 3.8) is 0 Å². The van der Waals surface area contributed by atoms with E-state index in [4.69, 9.17) is 14.2 Å². The number of hydrogen-bond donors (Lipinski definition) is 0. The lowest BCUT2D eigenvalue weighted by Gasteiger charge is -2.18. The molecule has 0 saturated heterocycles. The summed E-state index contributed by atoms with van der Waals surface area (Å²) >= 11 is 0. The monoisotopic (exact) mass is 893 g/mol. The maximum atomic E-state index is 12.7. The Bertz CT molecular complexity index is 1540. The van der Waals surface area contributed by atoms with Gasteiger partial charge < -0.3 is 14.2 Å². The number of allylic oxidation sites excluding steroid dienone is 25. The molecule has 65 heavy (non-hydrogen) atoms. The van der Waals surface area contributed by atoms with E-state index < -0.39 is 12.1 Å². The van der Waals surface area contributed by atoms with Crippen molar-refractivity contribution in [3.8, 4) is 0 Å². The Kier molecular flexibility index (Phi) is 47.7. The summed E-state index contributed by atoms with van der Waals surface area (Å²) in [6.07, 6.45) is 75.4. The number of hydrogen-bond acceptors (Lipinski definition) is 6. The molecule has 0 aromatic rings. The highest BCUT2D eigenvalue weighted by Crippen LogP contribution is 2.10. The fourth-order valence-corrected chi connectivity index (χ4v) is 5.92. The molecule has 0 aromatic heterocycles. The van der Waals surface area contributed by atoms with Crippen molar-refractivity contribution in [2.45, 2.75) is 181 Å². The average molecular weight is 893 g/mol. The van der Waals surface area contributed by atoms with Crippen molar-refractivity contribution in [2.75, 3.05) is 13.2 Å². The average Bonchev–Trinajstić information content (AvgIpc) is 3.30. The Morgan fingerprint density at radius 3 is 1.00 bits per heavy atom. The van der Waals surface area contributed by atoms with E-state index >= 15 is 0 Å². The molecule has 0 bridgehead atoms. The molecule has 6 heteroatoms. The highest BCUT2D eigenvalue weighted by molar-refractivity contribution is 5.72. The van der Waals surface area contributed by atoms with Crippen LogP contribution in [0, 0.1) is 0 Å². The lowest BCUT2D eigenvalue weighted by Crippen LogP contribution is -2.30. The molecule has 0 fully saturated rings. The third kappa shape index (κ3) is 49.9. The van der Waals surface area contributed by atoms with Crippen LogP contribution >= 0.6 is 0 Å². The molecule has 0 rings (SSSR count). The molecule has 1 unspecified atom stereocenters. The minimum absolute atomic E-state index is 0.0724. The van der Waals surface area contributed by atoms with Crippen LogP contribution in [0.15, 0.2) is 158 Å². The quantitative estimate of drug-likeness (QED) is 0.0263. The summed E-state index contributed by atoms with van der Waals surface area (Å²) in [6, 6.07) is 0. The van der Waals surface area contributed by atoms with Crippen LogP contribution in [0.5, 0.6) is 0 Å². The summed E-state index contributed by atoms with van der Waals surface area (Å²) < 4.78 is 16.6. The number of carbonyl (C=O) groups excluding carboxylic acids is 3. The fourth-order valence-electron chi connectivity index (χ4n) is 5.92. The van der Waals surface area contributed by atoms with Crippen molar-refractivity contribution in [2.24, 2.45) is 0 Å². The van der Waals surface area contributed by atoms with Gasteiger partial charge >= 0.3 is 17.9 Å². The predicted molar refractivity (Wildman–Crippen MR) is 278 cm³/mol. The van der Waals surface area contributed by atoms with Gasteiger partial charge in [0, 0.05) is 12.8 Å². The van der Waals surface area contributed by atoms with Gasteiger partial charge in [0.1, 0.15) is 13.2 Å². The Morgan fingerprint density at radius 2 is 0.615 bits per heavy atom. The van der Waals surface area contributed by atoms with E-state index in [9.17, 15) is 14.4 Å². The van der Waals surface area contributed by atoms with E-state index in [0.717, 1.165) is 122 Å². The van der Waals surface area contributed by atoms with Crippen LogP contribution in [-0.4, -0.2) is 37.2 Å². The second-order valence-electron chi connectivity index (χ2n) is 15.6. The van der Waals surface area contributed by atoms with Crippen LogP contribution < -0.4 is 0 Å². The molecule has 0 radical (unpaired) electrons. The van der Waals surface area contributed by atoms with Crippen LogP contribution in [0.3, 0.4) is 0 Å². The van der Waals surface area contributed by atoms with Gasteiger partial charge in [-0.3, -0.25) is 14.4 Å². The number of esters is 3. The van der Waals surface area contributed by atoms with Gasteiger partial charge in [-0.2, -0.15) is 0 Å². The van der Waals surface area contributed by atoms with Crippen molar-refractivity contribution in [1.29, 1.82) is 0 Å². The van der Waals surface area contributed by atoms with Crippen molar-refractivity contribution < 1.29 is 28.6 Å². The molecule has 1 atom stereocenters. The summed E-state index contributed by atoms with van der Waals surface area (Å²) in [5.41, 5.74) is 0. The van der Waals surface area contributed by atoms with E-state index in [1.807, 2.05) is 6.08 Å². The second-order valence-corrected chi connectivity index (χ2v) is 15.6.